The number of carbonyl (C=O) groups is 2. The Hall–Kier alpha value is -1.85. The third-order valence-corrected chi connectivity index (χ3v) is 3.89. The van der Waals surface area contributed by atoms with Crippen LogP contribution in [-0.4, -0.2) is 24.5 Å². The van der Waals surface area contributed by atoms with Gasteiger partial charge in [0, 0.05) is 6.42 Å². The molecule has 0 radical (unpaired) electrons. The molecule has 0 aromatic rings. The molecule has 128 valence electrons. The Morgan fingerprint density at radius 3 is 2.52 bits per heavy atom. The van der Waals surface area contributed by atoms with Crippen LogP contribution in [0.5, 0.6) is 0 Å². The van der Waals surface area contributed by atoms with Gasteiger partial charge in [-0.2, -0.15) is 13.2 Å². The fraction of sp³-hybridized carbons (Fsp3) is 0.529. The fourth-order valence-electron chi connectivity index (χ4n) is 2.37. The number of Topliss-reactive ketones (excluding diaryl/α,β-unsaturated/α-hetero) is 1. The van der Waals surface area contributed by atoms with E-state index in [4.69, 9.17) is 0 Å². The van der Waals surface area contributed by atoms with Gasteiger partial charge in [0.25, 0.3) is 0 Å². The van der Waals surface area contributed by atoms with Gasteiger partial charge in [-0.1, -0.05) is 31.6 Å². The van der Waals surface area contributed by atoms with Crippen LogP contribution in [0.1, 0.15) is 40.5 Å². The maximum atomic E-state index is 12.0. The van der Waals surface area contributed by atoms with Gasteiger partial charge in [-0.3, -0.25) is 4.79 Å². The quantitative estimate of drug-likeness (QED) is 0.570. The molecule has 0 atom stereocenters. The molecule has 0 unspecified atom stereocenters. The number of hydrogen-bond donors (Lipinski definition) is 0. The molecule has 0 saturated heterocycles. The first-order valence-corrected chi connectivity index (χ1v) is 7.28. The van der Waals surface area contributed by atoms with Gasteiger partial charge in [0.1, 0.15) is 6.61 Å². The number of hydrogen-bond acceptors (Lipinski definition) is 3. The molecule has 0 heterocycles. The van der Waals surface area contributed by atoms with Crippen LogP contribution in [-0.2, 0) is 14.3 Å². The van der Waals surface area contributed by atoms with Crippen LogP contribution < -0.4 is 0 Å². The summed E-state index contributed by atoms with van der Waals surface area (Å²) in [4.78, 5) is 22.4. The maximum Gasteiger partial charge on any atom is 0.490 e. The lowest BCUT2D eigenvalue weighted by atomic mass is 9.72. The van der Waals surface area contributed by atoms with E-state index in [2.05, 4.69) is 4.74 Å². The summed E-state index contributed by atoms with van der Waals surface area (Å²) in [7, 11) is 0. The van der Waals surface area contributed by atoms with Crippen LogP contribution in [0.2, 0.25) is 0 Å². The van der Waals surface area contributed by atoms with Gasteiger partial charge in [0.15, 0.2) is 5.78 Å². The van der Waals surface area contributed by atoms with Crippen LogP contribution in [0.4, 0.5) is 13.2 Å². The standard InChI is InChI=1S/C17H21F3O3/c1-11(8-10-23-15(22)17(18,19)20)5-6-13-12(2)14(21)7-9-16(13,3)4/h5-6,8H,7,9-10H2,1-4H3/b6-5+,11-8+. The van der Waals surface area contributed by atoms with E-state index in [-0.39, 0.29) is 11.2 Å². The molecular formula is C17H21F3O3. The number of allylic oxidation sites excluding steroid dienone is 5. The predicted molar refractivity (Wildman–Crippen MR) is 80.6 cm³/mol. The first-order chi connectivity index (χ1) is 10.4. The lowest BCUT2D eigenvalue weighted by molar-refractivity contribution is -0.198. The Kier molecular flexibility index (Phi) is 5.97. The summed E-state index contributed by atoms with van der Waals surface area (Å²) >= 11 is 0. The average Bonchev–Trinajstić information content (AvgIpc) is 2.42. The lowest BCUT2D eigenvalue weighted by Gasteiger charge is -2.32. The van der Waals surface area contributed by atoms with Crippen molar-refractivity contribution in [1.29, 1.82) is 0 Å². The number of rotatable bonds is 4. The largest absolute Gasteiger partial charge is 0.490 e. The third-order valence-electron chi connectivity index (χ3n) is 3.89. The highest BCUT2D eigenvalue weighted by Crippen LogP contribution is 2.39. The molecule has 1 aliphatic rings. The Morgan fingerprint density at radius 1 is 1.35 bits per heavy atom. The SMILES string of the molecule is CC1=C(/C=C/C(C)=C/COC(=O)C(F)(F)F)C(C)(C)CCC1=O. The number of ketones is 1. The smallest absolute Gasteiger partial charge is 0.455 e. The van der Waals surface area contributed by atoms with Crippen LogP contribution in [0.3, 0.4) is 0 Å². The maximum absolute atomic E-state index is 12.0. The monoisotopic (exact) mass is 330 g/mol. The van der Waals surface area contributed by atoms with Gasteiger partial charge < -0.3 is 4.74 Å². The molecule has 0 bridgehead atoms. The van der Waals surface area contributed by atoms with E-state index >= 15 is 0 Å². The van der Waals surface area contributed by atoms with Crippen molar-refractivity contribution in [3.05, 3.63) is 34.9 Å². The predicted octanol–water partition coefficient (Wildman–Crippen LogP) is 4.30. The molecule has 6 heteroatoms. The summed E-state index contributed by atoms with van der Waals surface area (Å²) in [5.41, 5.74) is 2.16. The Morgan fingerprint density at radius 2 is 1.96 bits per heavy atom. The second-order valence-corrected chi connectivity index (χ2v) is 6.22. The van der Waals surface area contributed by atoms with Crippen molar-refractivity contribution in [2.75, 3.05) is 6.61 Å². The van der Waals surface area contributed by atoms with Crippen molar-refractivity contribution in [3.63, 3.8) is 0 Å². The molecule has 0 amide bonds. The van der Waals surface area contributed by atoms with Gasteiger partial charge in [-0.25, -0.2) is 4.79 Å². The lowest BCUT2D eigenvalue weighted by Crippen LogP contribution is -2.25. The van der Waals surface area contributed by atoms with E-state index < -0.39 is 18.8 Å². The molecule has 0 spiro atoms. The number of esters is 1. The second-order valence-electron chi connectivity index (χ2n) is 6.22. The van der Waals surface area contributed by atoms with E-state index in [1.807, 2.05) is 19.9 Å². The summed E-state index contributed by atoms with van der Waals surface area (Å²) in [6.07, 6.45) is 1.21. The Bertz CT molecular complexity index is 578. The molecule has 0 aliphatic heterocycles. The number of ether oxygens (including phenoxy) is 1. The summed E-state index contributed by atoms with van der Waals surface area (Å²) in [5.74, 6) is -2.09. The molecular weight excluding hydrogens is 309 g/mol. The van der Waals surface area contributed by atoms with E-state index in [9.17, 15) is 22.8 Å². The Labute approximate surface area is 133 Å². The highest BCUT2D eigenvalue weighted by molar-refractivity contribution is 5.97. The molecule has 0 aromatic heterocycles. The minimum atomic E-state index is -4.98. The zero-order chi connectivity index (χ0) is 17.8. The zero-order valence-corrected chi connectivity index (χ0v) is 13.7. The van der Waals surface area contributed by atoms with Crippen LogP contribution in [0.25, 0.3) is 0 Å². The van der Waals surface area contributed by atoms with Crippen LogP contribution in [0.15, 0.2) is 34.9 Å². The first-order valence-electron chi connectivity index (χ1n) is 7.28. The third kappa shape index (κ3) is 5.37. The first kappa shape index (κ1) is 19.2. The van der Waals surface area contributed by atoms with Crippen molar-refractivity contribution < 1.29 is 27.5 Å². The van der Waals surface area contributed by atoms with Crippen LogP contribution >= 0.6 is 0 Å². The van der Waals surface area contributed by atoms with E-state index in [1.165, 1.54) is 6.08 Å². The molecule has 0 saturated carbocycles. The van der Waals surface area contributed by atoms with Gasteiger partial charge in [-0.15, -0.1) is 0 Å². The van der Waals surface area contributed by atoms with Crippen molar-refractivity contribution in [2.24, 2.45) is 5.41 Å². The minimum absolute atomic E-state index is 0.115. The summed E-state index contributed by atoms with van der Waals surface area (Å²) in [6, 6.07) is 0. The van der Waals surface area contributed by atoms with Gasteiger partial charge in [0.2, 0.25) is 0 Å². The second kappa shape index (κ2) is 7.15. The molecule has 0 fully saturated rings. The van der Waals surface area contributed by atoms with Crippen molar-refractivity contribution in [2.45, 2.75) is 46.7 Å². The summed E-state index contributed by atoms with van der Waals surface area (Å²) in [6.45, 7) is 7.12. The molecule has 0 N–H and O–H groups in total. The fourth-order valence-corrected chi connectivity index (χ4v) is 2.37. The van der Waals surface area contributed by atoms with Crippen molar-refractivity contribution in [3.8, 4) is 0 Å². The Balaban J connectivity index is 2.76. The van der Waals surface area contributed by atoms with Gasteiger partial charge in [0.05, 0.1) is 0 Å². The molecule has 23 heavy (non-hydrogen) atoms. The van der Waals surface area contributed by atoms with Crippen molar-refractivity contribution in [1.82, 2.24) is 0 Å². The number of halogens is 3. The number of carbonyl (C=O) groups excluding carboxylic acids is 2. The highest BCUT2D eigenvalue weighted by atomic mass is 19.4. The van der Waals surface area contributed by atoms with Gasteiger partial charge in [-0.05, 0) is 42.9 Å². The average molecular weight is 330 g/mol. The topological polar surface area (TPSA) is 43.4 Å². The normalized spacial score (nSPS) is 19.4. The van der Waals surface area contributed by atoms with E-state index in [1.54, 1.807) is 19.9 Å². The van der Waals surface area contributed by atoms with Crippen molar-refractivity contribution >= 4 is 11.8 Å². The van der Waals surface area contributed by atoms with Gasteiger partial charge >= 0.3 is 12.1 Å². The van der Waals surface area contributed by atoms with E-state index in [0.717, 1.165) is 12.0 Å². The van der Waals surface area contributed by atoms with E-state index in [0.29, 0.717) is 17.6 Å². The number of alkyl halides is 3. The summed E-state index contributed by atoms with van der Waals surface area (Å²) in [5, 5.41) is 0. The molecule has 3 nitrogen and oxygen atoms in total. The summed E-state index contributed by atoms with van der Waals surface area (Å²) < 4.78 is 40.1. The minimum Gasteiger partial charge on any atom is -0.455 e. The van der Waals surface area contributed by atoms with Crippen LogP contribution in [0, 0.1) is 5.41 Å². The highest BCUT2D eigenvalue weighted by Gasteiger charge is 2.40. The molecule has 1 aliphatic carbocycles. The molecule has 0 aromatic carbocycles. The zero-order valence-electron chi connectivity index (χ0n) is 13.7. The molecule has 1 rings (SSSR count).